The maximum Gasteiger partial charge on any atom is 0.263 e. The molecule has 0 spiro atoms. The molecule has 0 saturated carbocycles. The highest BCUT2D eigenvalue weighted by atomic mass is 19.3. The van der Waals surface area contributed by atoms with E-state index in [0.717, 1.165) is 6.42 Å². The second-order valence-corrected chi connectivity index (χ2v) is 3.54. The molecule has 1 fully saturated rings. The number of nitrogens with zero attached hydrogens (tertiary/aromatic N) is 1. The van der Waals surface area contributed by atoms with E-state index in [1.54, 1.807) is 17.0 Å². The van der Waals surface area contributed by atoms with Gasteiger partial charge in [0.1, 0.15) is 0 Å². The van der Waals surface area contributed by atoms with Crippen molar-refractivity contribution in [3.05, 3.63) is 29.8 Å². The summed E-state index contributed by atoms with van der Waals surface area (Å²) in [6.45, 7) is 0.687. The minimum atomic E-state index is -2.45. The van der Waals surface area contributed by atoms with Crippen molar-refractivity contribution in [1.29, 1.82) is 0 Å². The van der Waals surface area contributed by atoms with Crippen LogP contribution in [-0.2, 0) is 4.79 Å². The van der Waals surface area contributed by atoms with Gasteiger partial charge in [0.2, 0.25) is 5.91 Å². The SMILES string of the molecule is O=C1CCCN1c1ccc(C(F)F)cc1. The second kappa shape index (κ2) is 3.96. The van der Waals surface area contributed by atoms with Gasteiger partial charge < -0.3 is 4.90 Å². The van der Waals surface area contributed by atoms with Gasteiger partial charge in [-0.15, -0.1) is 0 Å². The average Bonchev–Trinajstić information content (AvgIpc) is 2.65. The third-order valence-electron chi connectivity index (χ3n) is 2.53. The van der Waals surface area contributed by atoms with Gasteiger partial charge in [0.25, 0.3) is 6.43 Å². The Kier molecular flexibility index (Phi) is 2.66. The first-order valence-corrected chi connectivity index (χ1v) is 4.87. The van der Waals surface area contributed by atoms with Crippen molar-refractivity contribution >= 4 is 11.6 Å². The highest BCUT2D eigenvalue weighted by molar-refractivity contribution is 5.95. The molecule has 1 heterocycles. The molecule has 1 aromatic carbocycles. The number of hydrogen-bond acceptors (Lipinski definition) is 1. The van der Waals surface area contributed by atoms with Crippen LogP contribution in [0.25, 0.3) is 0 Å². The summed E-state index contributed by atoms with van der Waals surface area (Å²) in [6, 6.07) is 5.88. The number of alkyl halides is 2. The third-order valence-corrected chi connectivity index (χ3v) is 2.53. The van der Waals surface area contributed by atoms with E-state index in [1.165, 1.54) is 12.1 Å². The lowest BCUT2D eigenvalue weighted by atomic mass is 10.2. The molecule has 1 aliphatic heterocycles. The number of hydrogen-bond donors (Lipinski definition) is 0. The van der Waals surface area contributed by atoms with E-state index in [9.17, 15) is 13.6 Å². The van der Waals surface area contributed by atoms with Crippen LogP contribution in [0.1, 0.15) is 24.8 Å². The number of benzene rings is 1. The molecule has 1 saturated heterocycles. The average molecular weight is 211 g/mol. The van der Waals surface area contributed by atoms with Crippen molar-refractivity contribution < 1.29 is 13.6 Å². The van der Waals surface area contributed by atoms with Gasteiger partial charge in [-0.25, -0.2) is 8.78 Å². The van der Waals surface area contributed by atoms with Gasteiger partial charge in [-0.3, -0.25) is 4.79 Å². The number of carbonyl (C=O) groups excluding carboxylic acids is 1. The standard InChI is InChI=1S/C11H11F2NO/c12-11(13)8-3-5-9(6-4-8)14-7-1-2-10(14)15/h3-6,11H,1-2,7H2. The molecule has 15 heavy (non-hydrogen) atoms. The fourth-order valence-corrected chi connectivity index (χ4v) is 1.72. The van der Waals surface area contributed by atoms with E-state index in [0.29, 0.717) is 18.7 Å². The molecule has 1 aliphatic rings. The van der Waals surface area contributed by atoms with Crippen molar-refractivity contribution in [2.45, 2.75) is 19.3 Å². The fraction of sp³-hybridized carbons (Fsp3) is 0.364. The second-order valence-electron chi connectivity index (χ2n) is 3.54. The van der Waals surface area contributed by atoms with E-state index < -0.39 is 6.43 Å². The number of amides is 1. The lowest BCUT2D eigenvalue weighted by Crippen LogP contribution is -2.23. The van der Waals surface area contributed by atoms with Crippen molar-refractivity contribution in [1.82, 2.24) is 0 Å². The molecule has 1 amide bonds. The Hall–Kier alpha value is -1.45. The fourth-order valence-electron chi connectivity index (χ4n) is 1.72. The highest BCUT2D eigenvalue weighted by Crippen LogP contribution is 2.25. The molecule has 2 rings (SSSR count). The molecular weight excluding hydrogens is 200 g/mol. The summed E-state index contributed by atoms with van der Waals surface area (Å²) in [7, 11) is 0. The molecule has 0 N–H and O–H groups in total. The first kappa shape index (κ1) is 10.1. The zero-order valence-electron chi connectivity index (χ0n) is 8.12. The van der Waals surface area contributed by atoms with Crippen molar-refractivity contribution in [2.75, 3.05) is 11.4 Å². The van der Waals surface area contributed by atoms with Crippen molar-refractivity contribution in [3.8, 4) is 0 Å². The van der Waals surface area contributed by atoms with Gasteiger partial charge in [-0.05, 0) is 18.6 Å². The van der Waals surface area contributed by atoms with E-state index in [4.69, 9.17) is 0 Å². The van der Waals surface area contributed by atoms with Gasteiger partial charge >= 0.3 is 0 Å². The molecular formula is C11H11F2NO. The van der Waals surface area contributed by atoms with Crippen LogP contribution in [0.2, 0.25) is 0 Å². The smallest absolute Gasteiger partial charge is 0.263 e. The predicted molar refractivity (Wildman–Crippen MR) is 53.0 cm³/mol. The summed E-state index contributed by atoms with van der Waals surface area (Å²) in [5, 5.41) is 0. The van der Waals surface area contributed by atoms with Crippen LogP contribution in [0, 0.1) is 0 Å². The lowest BCUT2D eigenvalue weighted by Gasteiger charge is -2.15. The van der Waals surface area contributed by atoms with Crippen LogP contribution in [0.15, 0.2) is 24.3 Å². The zero-order valence-corrected chi connectivity index (χ0v) is 8.12. The van der Waals surface area contributed by atoms with Crippen LogP contribution in [0.5, 0.6) is 0 Å². The third kappa shape index (κ3) is 1.98. The van der Waals surface area contributed by atoms with Crippen molar-refractivity contribution in [2.24, 2.45) is 0 Å². The van der Waals surface area contributed by atoms with Crippen LogP contribution < -0.4 is 4.90 Å². The maximum absolute atomic E-state index is 12.3. The Morgan fingerprint density at radius 3 is 2.33 bits per heavy atom. The van der Waals surface area contributed by atoms with Crippen LogP contribution in [0.4, 0.5) is 14.5 Å². The number of carbonyl (C=O) groups is 1. The molecule has 1 aromatic rings. The van der Waals surface area contributed by atoms with Gasteiger partial charge in [-0.1, -0.05) is 12.1 Å². The van der Waals surface area contributed by atoms with E-state index in [1.807, 2.05) is 0 Å². The van der Waals surface area contributed by atoms with Gasteiger partial charge in [-0.2, -0.15) is 0 Å². The quantitative estimate of drug-likeness (QED) is 0.736. The molecule has 2 nitrogen and oxygen atoms in total. The topological polar surface area (TPSA) is 20.3 Å². The molecule has 0 bridgehead atoms. The summed E-state index contributed by atoms with van der Waals surface area (Å²) in [5.41, 5.74) is 0.701. The molecule has 80 valence electrons. The first-order chi connectivity index (χ1) is 7.18. The molecule has 4 heteroatoms. The maximum atomic E-state index is 12.3. The number of halogens is 2. The Labute approximate surface area is 86.5 Å². The number of rotatable bonds is 2. The minimum Gasteiger partial charge on any atom is -0.312 e. The number of anilines is 1. The summed E-state index contributed by atoms with van der Waals surface area (Å²) in [4.78, 5) is 13.0. The summed E-state index contributed by atoms with van der Waals surface area (Å²) >= 11 is 0. The summed E-state index contributed by atoms with van der Waals surface area (Å²) < 4.78 is 24.5. The molecule has 0 unspecified atom stereocenters. The Morgan fingerprint density at radius 2 is 1.87 bits per heavy atom. The molecule has 0 radical (unpaired) electrons. The zero-order chi connectivity index (χ0) is 10.8. The van der Waals surface area contributed by atoms with Gasteiger partial charge in [0.05, 0.1) is 0 Å². The lowest BCUT2D eigenvalue weighted by molar-refractivity contribution is -0.117. The summed E-state index contributed by atoms with van der Waals surface area (Å²) in [5.74, 6) is 0.0693. The van der Waals surface area contributed by atoms with E-state index >= 15 is 0 Å². The summed E-state index contributed by atoms with van der Waals surface area (Å²) in [6.07, 6.45) is -1.06. The van der Waals surface area contributed by atoms with Crippen LogP contribution in [-0.4, -0.2) is 12.5 Å². The Bertz CT molecular complexity index is 361. The molecule has 0 atom stereocenters. The van der Waals surface area contributed by atoms with Crippen LogP contribution >= 0.6 is 0 Å². The van der Waals surface area contributed by atoms with Gasteiger partial charge in [0.15, 0.2) is 0 Å². The van der Waals surface area contributed by atoms with Crippen molar-refractivity contribution in [3.63, 3.8) is 0 Å². The highest BCUT2D eigenvalue weighted by Gasteiger charge is 2.21. The van der Waals surface area contributed by atoms with E-state index in [-0.39, 0.29) is 11.5 Å². The monoisotopic (exact) mass is 211 g/mol. The normalized spacial score (nSPS) is 16.5. The van der Waals surface area contributed by atoms with E-state index in [2.05, 4.69) is 0 Å². The van der Waals surface area contributed by atoms with Crippen LogP contribution in [0.3, 0.4) is 0 Å². The Balaban J connectivity index is 2.19. The molecule has 0 aromatic heterocycles. The van der Waals surface area contributed by atoms with Gasteiger partial charge in [0, 0.05) is 24.2 Å². The first-order valence-electron chi connectivity index (χ1n) is 4.87. The largest absolute Gasteiger partial charge is 0.312 e. The predicted octanol–water partition coefficient (Wildman–Crippen LogP) is 2.75. The molecule has 0 aliphatic carbocycles. The minimum absolute atomic E-state index is 0.00889. The Morgan fingerprint density at radius 1 is 1.20 bits per heavy atom.